The normalized spacial score (nSPS) is 29.7. The Bertz CT molecular complexity index is 977. The Kier molecular flexibility index (Phi) is 5.90. The largest absolute Gasteiger partial charge is 0.450 e. The molecule has 7 nitrogen and oxygen atoms in total. The van der Waals surface area contributed by atoms with Gasteiger partial charge in [-0.05, 0) is 102 Å². The number of amides is 2. The molecule has 2 bridgehead atoms. The van der Waals surface area contributed by atoms with Gasteiger partial charge in [0.2, 0.25) is 0 Å². The fourth-order valence-corrected chi connectivity index (χ4v) is 7.19. The highest BCUT2D eigenvalue weighted by Crippen LogP contribution is 2.49. The van der Waals surface area contributed by atoms with Crippen molar-refractivity contribution in [3.05, 3.63) is 29.6 Å². The van der Waals surface area contributed by atoms with Gasteiger partial charge in [-0.15, -0.1) is 0 Å². The highest BCUT2D eigenvalue weighted by Gasteiger charge is 2.50. The van der Waals surface area contributed by atoms with Crippen molar-refractivity contribution >= 4 is 17.9 Å². The van der Waals surface area contributed by atoms with E-state index in [0.29, 0.717) is 19.2 Å². The summed E-state index contributed by atoms with van der Waals surface area (Å²) in [6.45, 7) is 4.69. The first kappa shape index (κ1) is 23.1. The van der Waals surface area contributed by atoms with E-state index in [2.05, 4.69) is 4.90 Å². The summed E-state index contributed by atoms with van der Waals surface area (Å²) in [4.78, 5) is 31.8. The zero-order valence-corrected chi connectivity index (χ0v) is 20.6. The molecule has 4 fully saturated rings. The van der Waals surface area contributed by atoms with E-state index >= 15 is 0 Å². The molecule has 0 radical (unpaired) electrons. The third-order valence-corrected chi connectivity index (χ3v) is 9.28. The quantitative estimate of drug-likeness (QED) is 0.614. The second-order valence-corrected chi connectivity index (χ2v) is 11.1. The lowest BCUT2D eigenvalue weighted by Crippen LogP contribution is -2.55. The zero-order valence-electron chi connectivity index (χ0n) is 20.6. The third-order valence-electron chi connectivity index (χ3n) is 9.28. The van der Waals surface area contributed by atoms with Crippen molar-refractivity contribution in [3.8, 4) is 0 Å². The van der Waals surface area contributed by atoms with Gasteiger partial charge in [-0.3, -0.25) is 4.90 Å². The zero-order chi connectivity index (χ0) is 24.2. The van der Waals surface area contributed by atoms with Crippen LogP contribution >= 0.6 is 0 Å². The maximum Gasteiger partial charge on any atom is 0.414 e. The molecule has 1 aromatic carbocycles. The standard InChI is InChI=1S/C27H36FN3O4/c1-2-34-26(33)31-19-7-8-20(31)16-21(15-19)29-12-10-27(11-13-29)17-30(25(32)35-22-4-3-5-22)24-9-6-18(28)14-23(24)27/h6,9,14,19-22H,2-5,7-8,10-13,15-17H2,1H3. The Morgan fingerprint density at radius 3 is 2.37 bits per heavy atom. The lowest BCUT2D eigenvalue weighted by atomic mass is 9.73. The number of nitrogens with zero attached hydrogens (tertiary/aromatic N) is 3. The number of rotatable bonds is 3. The van der Waals surface area contributed by atoms with Crippen molar-refractivity contribution in [1.29, 1.82) is 0 Å². The number of carbonyl (C=O) groups excluding carboxylic acids is 2. The van der Waals surface area contributed by atoms with Crippen LogP contribution in [0.1, 0.15) is 70.3 Å². The number of benzene rings is 1. The first-order valence-electron chi connectivity index (χ1n) is 13.4. The van der Waals surface area contributed by atoms with Crippen LogP contribution in [-0.4, -0.2) is 72.5 Å². The van der Waals surface area contributed by atoms with Gasteiger partial charge < -0.3 is 19.3 Å². The third kappa shape index (κ3) is 3.98. The summed E-state index contributed by atoms with van der Waals surface area (Å²) in [7, 11) is 0. The molecule has 1 spiro atoms. The monoisotopic (exact) mass is 485 g/mol. The summed E-state index contributed by atoms with van der Waals surface area (Å²) in [6.07, 6.45) is 8.46. The summed E-state index contributed by atoms with van der Waals surface area (Å²) in [5, 5.41) is 0. The number of hydrogen-bond acceptors (Lipinski definition) is 5. The van der Waals surface area contributed by atoms with Gasteiger partial charge in [0, 0.05) is 30.1 Å². The number of likely N-dealkylation sites (tertiary alicyclic amines) is 1. The minimum Gasteiger partial charge on any atom is -0.450 e. The summed E-state index contributed by atoms with van der Waals surface area (Å²) >= 11 is 0. The molecule has 4 aliphatic heterocycles. The van der Waals surface area contributed by atoms with Gasteiger partial charge in [0.1, 0.15) is 11.9 Å². The van der Waals surface area contributed by atoms with Gasteiger partial charge in [-0.25, -0.2) is 14.0 Å². The molecule has 8 heteroatoms. The van der Waals surface area contributed by atoms with E-state index in [-0.39, 0.29) is 41.6 Å². The van der Waals surface area contributed by atoms with Gasteiger partial charge in [0.25, 0.3) is 0 Å². The smallest absolute Gasteiger partial charge is 0.414 e. The van der Waals surface area contributed by atoms with Crippen LogP contribution in [0.2, 0.25) is 0 Å². The van der Waals surface area contributed by atoms with Gasteiger partial charge in [0.15, 0.2) is 0 Å². The van der Waals surface area contributed by atoms with E-state index in [9.17, 15) is 14.0 Å². The molecule has 4 heterocycles. The van der Waals surface area contributed by atoms with Gasteiger partial charge in [-0.1, -0.05) is 0 Å². The highest BCUT2D eigenvalue weighted by molar-refractivity contribution is 5.91. The Morgan fingerprint density at radius 2 is 1.74 bits per heavy atom. The van der Waals surface area contributed by atoms with E-state index < -0.39 is 0 Å². The molecule has 5 aliphatic rings. The molecule has 190 valence electrons. The maximum atomic E-state index is 14.3. The van der Waals surface area contributed by atoms with Crippen molar-refractivity contribution in [2.24, 2.45) is 0 Å². The van der Waals surface area contributed by atoms with Crippen LogP contribution in [0.4, 0.5) is 19.7 Å². The number of fused-ring (bicyclic) bond motifs is 4. The fourth-order valence-electron chi connectivity index (χ4n) is 7.19. The van der Waals surface area contributed by atoms with Crippen molar-refractivity contribution in [2.75, 3.05) is 31.1 Å². The molecular weight excluding hydrogens is 449 g/mol. The van der Waals surface area contributed by atoms with Gasteiger partial charge in [0.05, 0.1) is 12.3 Å². The SMILES string of the molecule is CCOC(=O)N1C2CCC1CC(N1CCC3(CC1)CN(C(=O)OC1CCC1)c1ccc(F)cc13)C2. The predicted molar refractivity (Wildman–Crippen MR) is 129 cm³/mol. The Labute approximate surface area is 206 Å². The van der Waals surface area contributed by atoms with Crippen molar-refractivity contribution in [1.82, 2.24) is 9.80 Å². The number of anilines is 1. The molecule has 2 atom stereocenters. The first-order valence-corrected chi connectivity index (χ1v) is 13.4. The Hall–Kier alpha value is -2.35. The predicted octanol–water partition coefficient (Wildman–Crippen LogP) is 4.82. The highest BCUT2D eigenvalue weighted by atomic mass is 19.1. The minimum atomic E-state index is -0.287. The average molecular weight is 486 g/mol. The van der Waals surface area contributed by atoms with E-state index in [4.69, 9.17) is 9.47 Å². The van der Waals surface area contributed by atoms with Gasteiger partial charge >= 0.3 is 12.2 Å². The molecule has 0 N–H and O–H groups in total. The molecule has 1 aromatic rings. The summed E-state index contributed by atoms with van der Waals surface area (Å²) in [5.41, 5.74) is 1.54. The summed E-state index contributed by atoms with van der Waals surface area (Å²) in [6, 6.07) is 5.84. The molecule has 0 aromatic heterocycles. The fraction of sp³-hybridized carbons (Fsp3) is 0.704. The molecule has 3 saturated heterocycles. The first-order chi connectivity index (χ1) is 17.0. The topological polar surface area (TPSA) is 62.3 Å². The molecule has 1 saturated carbocycles. The van der Waals surface area contributed by atoms with E-state index in [1.54, 1.807) is 17.0 Å². The van der Waals surface area contributed by atoms with Crippen LogP contribution in [0, 0.1) is 5.82 Å². The number of halogens is 1. The van der Waals surface area contributed by atoms with Crippen LogP contribution < -0.4 is 4.90 Å². The lowest BCUT2D eigenvalue weighted by Gasteiger charge is -2.47. The Balaban J connectivity index is 1.14. The summed E-state index contributed by atoms with van der Waals surface area (Å²) < 4.78 is 25.4. The molecule has 35 heavy (non-hydrogen) atoms. The van der Waals surface area contributed by atoms with Gasteiger partial charge in [-0.2, -0.15) is 0 Å². The molecule has 2 amide bonds. The van der Waals surface area contributed by atoms with Crippen LogP contribution in [-0.2, 0) is 14.9 Å². The maximum absolute atomic E-state index is 14.3. The lowest BCUT2D eigenvalue weighted by molar-refractivity contribution is 0.0275. The minimum absolute atomic E-state index is 0.0284. The molecule has 2 unspecified atom stereocenters. The summed E-state index contributed by atoms with van der Waals surface area (Å²) in [5.74, 6) is -0.248. The van der Waals surface area contributed by atoms with E-state index in [1.165, 1.54) is 6.07 Å². The van der Waals surface area contributed by atoms with Crippen LogP contribution in [0.5, 0.6) is 0 Å². The number of ether oxygens (including phenoxy) is 2. The average Bonchev–Trinajstić information content (AvgIpc) is 3.27. The Morgan fingerprint density at radius 1 is 1.03 bits per heavy atom. The van der Waals surface area contributed by atoms with E-state index in [1.807, 2.05) is 11.8 Å². The second kappa shape index (κ2) is 8.95. The van der Waals surface area contributed by atoms with Crippen molar-refractivity contribution < 1.29 is 23.5 Å². The van der Waals surface area contributed by atoms with Crippen LogP contribution in [0.3, 0.4) is 0 Å². The van der Waals surface area contributed by atoms with Crippen LogP contribution in [0.15, 0.2) is 18.2 Å². The molecular formula is C27H36FN3O4. The van der Waals surface area contributed by atoms with E-state index in [0.717, 1.165) is 82.1 Å². The number of hydrogen-bond donors (Lipinski definition) is 0. The molecule has 1 aliphatic carbocycles. The number of piperidine rings is 2. The second-order valence-electron chi connectivity index (χ2n) is 11.1. The van der Waals surface area contributed by atoms with Crippen LogP contribution in [0.25, 0.3) is 0 Å². The molecule has 6 rings (SSSR count). The van der Waals surface area contributed by atoms with Crippen molar-refractivity contribution in [3.63, 3.8) is 0 Å². The number of carbonyl (C=O) groups is 2. The van der Waals surface area contributed by atoms with Crippen molar-refractivity contribution in [2.45, 2.75) is 94.4 Å².